The van der Waals surface area contributed by atoms with E-state index in [-0.39, 0.29) is 0 Å². The lowest BCUT2D eigenvalue weighted by molar-refractivity contribution is 0.872. The van der Waals surface area contributed by atoms with Gasteiger partial charge in [0.25, 0.3) is 0 Å². The van der Waals surface area contributed by atoms with Gasteiger partial charge in [-0.1, -0.05) is 48.5 Å². The zero-order valence-corrected chi connectivity index (χ0v) is 14.3. The predicted octanol–water partition coefficient (Wildman–Crippen LogP) is 4.56. The van der Waals surface area contributed by atoms with Gasteiger partial charge in [-0.15, -0.1) is 0 Å². The van der Waals surface area contributed by atoms with E-state index >= 15 is 0 Å². The van der Waals surface area contributed by atoms with Crippen LogP contribution in [0.4, 0.5) is 5.69 Å². The molecule has 0 aliphatic heterocycles. The Kier molecular flexibility index (Phi) is 4.72. The summed E-state index contributed by atoms with van der Waals surface area (Å²) in [5.41, 5.74) is 1.86. The van der Waals surface area contributed by atoms with Crippen LogP contribution in [0.5, 0.6) is 0 Å². The van der Waals surface area contributed by atoms with E-state index in [0.29, 0.717) is 5.84 Å². The Bertz CT molecular complexity index is 903. The minimum absolute atomic E-state index is 0.687. The summed E-state index contributed by atoms with van der Waals surface area (Å²) in [6.45, 7) is 0. The maximum atomic E-state index is 5.27. The number of rotatable bonds is 2. The molecule has 0 atom stereocenters. The van der Waals surface area contributed by atoms with Crippen molar-refractivity contribution in [2.24, 2.45) is 17.0 Å². The Morgan fingerprint density at radius 1 is 0.955 bits per heavy atom. The van der Waals surface area contributed by atoms with E-state index in [9.17, 15) is 0 Å². The first-order valence-electron chi connectivity index (χ1n) is 6.64. The lowest BCUT2D eigenvalue weighted by atomic mass is 10.2. The minimum atomic E-state index is 0.687. The molecule has 0 bridgehead atoms. The van der Waals surface area contributed by atoms with Gasteiger partial charge in [0.05, 0.1) is 5.69 Å². The molecule has 3 aromatic rings. The second-order valence-electron chi connectivity index (χ2n) is 4.52. The van der Waals surface area contributed by atoms with Crippen molar-refractivity contribution < 1.29 is 0 Å². The number of aliphatic imine (C=N–C) groups is 1. The predicted molar refractivity (Wildman–Crippen MR) is 96.6 cm³/mol. The molecule has 0 spiro atoms. The van der Waals surface area contributed by atoms with E-state index in [1.54, 1.807) is 20.7 Å². The number of para-hydroxylation sites is 1. The SMILES string of the molecule is Cn1c(=S)ssc1=NC(=Nc1ccccc1)c1ccccc1. The first kappa shape index (κ1) is 15.0. The second-order valence-corrected chi connectivity index (χ2v) is 7.25. The largest absolute Gasteiger partial charge is 0.302 e. The fraction of sp³-hybridized carbons (Fsp3) is 0.0625. The summed E-state index contributed by atoms with van der Waals surface area (Å²) in [5, 5.41) is 0. The quantitative estimate of drug-likeness (QED) is 0.290. The van der Waals surface area contributed by atoms with Gasteiger partial charge in [0.1, 0.15) is 0 Å². The molecule has 0 saturated heterocycles. The van der Waals surface area contributed by atoms with Crippen molar-refractivity contribution in [3.8, 4) is 0 Å². The summed E-state index contributed by atoms with van der Waals surface area (Å²) in [7, 11) is 5.04. The third-order valence-corrected chi connectivity index (χ3v) is 6.00. The first-order chi connectivity index (χ1) is 10.7. The lowest BCUT2D eigenvalue weighted by Crippen LogP contribution is -2.13. The molecule has 0 aliphatic rings. The van der Waals surface area contributed by atoms with Crippen molar-refractivity contribution in [3.63, 3.8) is 0 Å². The van der Waals surface area contributed by atoms with Crippen LogP contribution in [0.1, 0.15) is 5.56 Å². The molecule has 0 amide bonds. The van der Waals surface area contributed by atoms with E-state index in [4.69, 9.17) is 17.2 Å². The van der Waals surface area contributed by atoms with Crippen LogP contribution >= 0.6 is 32.9 Å². The van der Waals surface area contributed by atoms with Crippen molar-refractivity contribution >= 4 is 44.4 Å². The number of nitrogens with zero attached hydrogens (tertiary/aromatic N) is 3. The van der Waals surface area contributed by atoms with Gasteiger partial charge in [0.2, 0.25) is 4.80 Å². The topological polar surface area (TPSA) is 29.6 Å². The van der Waals surface area contributed by atoms with E-state index in [0.717, 1.165) is 20.0 Å². The highest BCUT2D eigenvalue weighted by Gasteiger charge is 2.03. The summed E-state index contributed by atoms with van der Waals surface area (Å²) >= 11 is 5.27. The van der Waals surface area contributed by atoms with E-state index in [1.165, 1.54) is 0 Å². The normalized spacial score (nSPS) is 12.6. The number of aromatic nitrogens is 1. The Hall–Kier alpha value is -1.89. The van der Waals surface area contributed by atoms with Gasteiger partial charge in [-0.3, -0.25) is 0 Å². The van der Waals surface area contributed by atoms with Crippen LogP contribution in [0, 0.1) is 3.95 Å². The highest BCUT2D eigenvalue weighted by Crippen LogP contribution is 2.14. The highest BCUT2D eigenvalue weighted by atomic mass is 32.9. The maximum absolute atomic E-state index is 5.27. The smallest absolute Gasteiger partial charge is 0.202 e. The average Bonchev–Trinajstić information content (AvgIpc) is 2.88. The van der Waals surface area contributed by atoms with Crippen molar-refractivity contribution in [1.82, 2.24) is 4.57 Å². The number of benzene rings is 2. The highest BCUT2D eigenvalue weighted by molar-refractivity contribution is 7.79. The lowest BCUT2D eigenvalue weighted by Gasteiger charge is -2.01. The summed E-state index contributed by atoms with van der Waals surface area (Å²) in [6.07, 6.45) is 0. The average molecular weight is 344 g/mol. The van der Waals surface area contributed by atoms with Crippen LogP contribution < -0.4 is 4.80 Å². The van der Waals surface area contributed by atoms with E-state index in [1.807, 2.05) is 72.3 Å². The third-order valence-electron chi connectivity index (χ3n) is 2.97. The first-order valence-corrected chi connectivity index (χ1v) is 9.20. The van der Waals surface area contributed by atoms with Crippen LogP contribution in [-0.2, 0) is 7.05 Å². The standard InChI is InChI=1S/C16H13N3S3/c1-19-15(21-22-16(19)20)18-14(12-8-4-2-5-9-12)17-13-10-6-3-7-11-13/h2-11H,1H3. The third kappa shape index (κ3) is 3.47. The molecule has 3 rings (SSSR count). The van der Waals surface area contributed by atoms with Crippen LogP contribution in [0.25, 0.3) is 0 Å². The van der Waals surface area contributed by atoms with Gasteiger partial charge in [-0.25, -0.2) is 4.99 Å². The Morgan fingerprint density at radius 2 is 1.59 bits per heavy atom. The van der Waals surface area contributed by atoms with Crippen LogP contribution in [0.3, 0.4) is 0 Å². The summed E-state index contributed by atoms with van der Waals surface area (Å²) in [5.74, 6) is 0.687. The van der Waals surface area contributed by atoms with Gasteiger partial charge >= 0.3 is 0 Å². The monoisotopic (exact) mass is 343 g/mol. The molecule has 0 unspecified atom stereocenters. The molecule has 110 valence electrons. The second kappa shape index (κ2) is 6.91. The van der Waals surface area contributed by atoms with Crippen molar-refractivity contribution in [3.05, 3.63) is 75.0 Å². The zero-order chi connectivity index (χ0) is 15.4. The maximum Gasteiger partial charge on any atom is 0.202 e. The van der Waals surface area contributed by atoms with E-state index < -0.39 is 0 Å². The Balaban J connectivity index is 2.16. The van der Waals surface area contributed by atoms with Crippen LogP contribution in [-0.4, -0.2) is 10.4 Å². The van der Waals surface area contributed by atoms with Gasteiger partial charge < -0.3 is 4.57 Å². The molecule has 6 heteroatoms. The number of amidine groups is 1. The van der Waals surface area contributed by atoms with Crippen LogP contribution in [0.2, 0.25) is 0 Å². The molecular formula is C16H13N3S3. The molecule has 22 heavy (non-hydrogen) atoms. The minimum Gasteiger partial charge on any atom is -0.302 e. The van der Waals surface area contributed by atoms with Gasteiger partial charge in [-0.2, -0.15) is 4.99 Å². The Morgan fingerprint density at radius 3 is 2.18 bits per heavy atom. The fourth-order valence-electron chi connectivity index (χ4n) is 1.81. The van der Waals surface area contributed by atoms with Crippen LogP contribution in [0.15, 0.2) is 70.6 Å². The molecular weight excluding hydrogens is 330 g/mol. The van der Waals surface area contributed by atoms with Gasteiger partial charge in [0.15, 0.2) is 9.79 Å². The molecule has 1 heterocycles. The van der Waals surface area contributed by atoms with Crippen molar-refractivity contribution in [2.45, 2.75) is 0 Å². The molecule has 0 saturated carbocycles. The summed E-state index contributed by atoms with van der Waals surface area (Å²) in [6, 6.07) is 19.8. The molecule has 0 aliphatic carbocycles. The fourth-order valence-corrected chi connectivity index (χ4v) is 4.21. The molecule has 2 aromatic carbocycles. The Labute approximate surface area is 141 Å². The number of hydrogen-bond acceptors (Lipinski definition) is 4. The zero-order valence-electron chi connectivity index (χ0n) is 11.8. The molecule has 1 aromatic heterocycles. The van der Waals surface area contributed by atoms with E-state index in [2.05, 4.69) is 4.99 Å². The van der Waals surface area contributed by atoms with Crippen molar-refractivity contribution in [1.29, 1.82) is 0 Å². The van der Waals surface area contributed by atoms with Gasteiger partial charge in [0, 0.05) is 12.6 Å². The summed E-state index contributed by atoms with van der Waals surface area (Å²) in [4.78, 5) is 10.3. The van der Waals surface area contributed by atoms with Crippen molar-refractivity contribution in [2.75, 3.05) is 0 Å². The van der Waals surface area contributed by atoms with Gasteiger partial charge in [-0.05, 0) is 45.0 Å². The molecule has 3 nitrogen and oxygen atoms in total. The molecule has 0 fully saturated rings. The summed E-state index contributed by atoms with van der Waals surface area (Å²) < 4.78 is 2.73. The molecule has 0 radical (unpaired) electrons. The molecule has 0 N–H and O–H groups in total. The number of hydrogen-bond donors (Lipinski definition) is 0.